The minimum atomic E-state index is -2.37. The highest BCUT2D eigenvalue weighted by molar-refractivity contribution is 6.16. The first kappa shape index (κ1) is 31.9. The summed E-state index contributed by atoms with van der Waals surface area (Å²) in [6, 6.07) is 32.1. The Hall–Kier alpha value is -6.99. The molecule has 13 rings (SSSR count). The summed E-state index contributed by atoms with van der Waals surface area (Å²) in [5.74, 6) is 1.66. The van der Waals surface area contributed by atoms with Crippen LogP contribution in [0.1, 0.15) is 99.6 Å². The molecule has 0 spiro atoms. The summed E-state index contributed by atoms with van der Waals surface area (Å²) >= 11 is 0. The number of nitrogens with zero attached hydrogens (tertiary/aromatic N) is 5. The van der Waals surface area contributed by atoms with E-state index in [4.69, 9.17) is 22.1 Å². The zero-order valence-corrected chi connectivity index (χ0v) is 39.9. The van der Waals surface area contributed by atoms with E-state index < -0.39 is 43.1 Å². The second-order valence-electron chi connectivity index (χ2n) is 21.7. The fourth-order valence-electron chi connectivity index (χ4n) is 10.6. The van der Waals surface area contributed by atoms with Crippen molar-refractivity contribution >= 4 is 66.4 Å². The van der Waals surface area contributed by atoms with Crippen molar-refractivity contribution in [2.45, 2.75) is 85.4 Å². The Morgan fingerprint density at radius 2 is 1.22 bits per heavy atom. The van der Waals surface area contributed by atoms with Gasteiger partial charge in [0, 0.05) is 67.7 Å². The first-order valence-electron chi connectivity index (χ1n) is 28.8. The Balaban J connectivity index is 1.04. The molecule has 3 aliphatic rings. The molecule has 0 saturated carbocycles. The van der Waals surface area contributed by atoms with Crippen LogP contribution in [0.25, 0.3) is 55.1 Å². The number of benzene rings is 7. The van der Waals surface area contributed by atoms with E-state index in [1.54, 1.807) is 22.9 Å². The van der Waals surface area contributed by atoms with Gasteiger partial charge in [0.25, 0.3) is 0 Å². The number of fused-ring (bicyclic) bond motifs is 6. The maximum Gasteiger partial charge on any atom is 0.186 e. The third kappa shape index (κ3) is 6.27. The number of ether oxygens (including phenoxy) is 1. The molecule has 3 aliphatic heterocycles. The van der Waals surface area contributed by atoms with E-state index in [1.807, 2.05) is 77.4 Å². The van der Waals surface area contributed by atoms with E-state index in [-0.39, 0.29) is 54.6 Å². The number of pyridine rings is 1. The smallest absolute Gasteiger partial charge is 0.186 e. The van der Waals surface area contributed by atoms with Gasteiger partial charge in [-0.25, -0.2) is 4.98 Å². The molecular weight excluding hydrogens is 831 g/mol. The molecule has 0 amide bonds. The van der Waals surface area contributed by atoms with Crippen molar-refractivity contribution in [1.82, 2.24) is 23.1 Å². The first-order valence-corrected chi connectivity index (χ1v) is 23.3. The van der Waals surface area contributed by atoms with Crippen LogP contribution in [-0.4, -0.2) is 20.8 Å². The molecule has 0 N–H and O–H groups in total. The van der Waals surface area contributed by atoms with Crippen molar-refractivity contribution in [3.05, 3.63) is 193 Å². The fraction of sp³-hybridized carbons (Fsp3) is 0.226. The van der Waals surface area contributed by atoms with Crippen molar-refractivity contribution in [2.75, 3.05) is 6.67 Å². The second kappa shape index (κ2) is 14.5. The third-order valence-electron chi connectivity index (χ3n) is 14.2. The Kier molecular flexibility index (Phi) is 6.80. The van der Waals surface area contributed by atoms with Crippen molar-refractivity contribution in [1.29, 1.82) is 0 Å². The van der Waals surface area contributed by atoms with Gasteiger partial charge in [0.05, 0.1) is 45.4 Å². The van der Waals surface area contributed by atoms with Crippen LogP contribution in [0.15, 0.2) is 164 Å². The molecule has 7 aromatic carbocycles. The minimum absolute atomic E-state index is 0.00303. The van der Waals surface area contributed by atoms with Gasteiger partial charge in [-0.05, 0) is 100 Å². The summed E-state index contributed by atoms with van der Waals surface area (Å²) in [5, 5.41) is 1.36. The van der Waals surface area contributed by atoms with E-state index in [0.717, 1.165) is 33.7 Å². The van der Waals surface area contributed by atoms with E-state index in [1.165, 1.54) is 11.1 Å². The van der Waals surface area contributed by atoms with Crippen LogP contribution >= 0.6 is 0 Å². The van der Waals surface area contributed by atoms with Crippen LogP contribution in [0.3, 0.4) is 0 Å². The van der Waals surface area contributed by atoms with E-state index in [2.05, 4.69) is 93.2 Å². The van der Waals surface area contributed by atoms with Gasteiger partial charge < -0.3 is 9.30 Å². The molecule has 6 heteroatoms. The standard InChI is InChI=1S/C62H60N5O/c1-40-18-15-27-56-59(40)67(45-33-42(61(5,6)7)32-43(34-45)62(8,9)10)38-66(56,39-67)44-19-16-20-46(36-44)68-47-28-29-50-55(37-47)65(57-35-41(30-31-63-57)60(2,3)4)54-26-17-25-53(58(50)54)64-51-23-13-11-21-48(51)49-22-12-14-24-52(49)64/h11-38H,39H2,1-10H3/q+1/t66-,67+/m1/s1/i1D3,11D,12D,13D,14D,21D,22D,23D,24D. The summed E-state index contributed by atoms with van der Waals surface area (Å²) in [5.41, 5.74) is 8.59. The van der Waals surface area contributed by atoms with E-state index >= 15 is 0 Å². The normalized spacial score (nSPS) is 20.6. The SMILES string of the molecule is [2H]c1c([2H])c([2H])c2c(c1[2H])c1c([2H])c([2H])c([2H])c([2H])c1n2-c1cccc2c1c1ccc(Oc3cccc([N@@+]45[CH-][N@@+](c6cc(C(C)(C)C)cc(C(C)(C)C)c6)(C4)c4c(C([2H])([2H])[2H])cccc45)c3)cc1n2-c1cc(C(C)(C)C)ccn1. The van der Waals surface area contributed by atoms with Crippen LogP contribution in [-0.2, 0) is 16.2 Å². The van der Waals surface area contributed by atoms with Crippen molar-refractivity contribution in [3.63, 3.8) is 0 Å². The van der Waals surface area contributed by atoms with Gasteiger partial charge in [-0.3, -0.25) is 13.5 Å². The lowest BCUT2D eigenvalue weighted by Crippen LogP contribution is -2.67. The lowest BCUT2D eigenvalue weighted by Gasteiger charge is -2.56. The molecule has 1 fully saturated rings. The van der Waals surface area contributed by atoms with Gasteiger partial charge in [-0.1, -0.05) is 129 Å². The zero-order valence-electron chi connectivity index (χ0n) is 50.9. The highest BCUT2D eigenvalue weighted by atomic mass is 16.5. The molecule has 3 aromatic heterocycles. The number of hydrogen-bond donors (Lipinski definition) is 0. The van der Waals surface area contributed by atoms with Gasteiger partial charge in [0.2, 0.25) is 0 Å². The summed E-state index contributed by atoms with van der Waals surface area (Å²) in [6.45, 7) is 20.1. The van der Waals surface area contributed by atoms with Crippen molar-refractivity contribution < 1.29 is 19.8 Å². The van der Waals surface area contributed by atoms with E-state index in [9.17, 15) is 2.74 Å². The summed E-state index contributed by atoms with van der Waals surface area (Å²) < 4.78 is 109. The zero-order chi connectivity index (χ0) is 56.6. The average Bonchev–Trinajstić information content (AvgIpc) is 1.76. The summed E-state index contributed by atoms with van der Waals surface area (Å²) in [7, 11) is 0. The van der Waals surface area contributed by atoms with Crippen LogP contribution in [0.5, 0.6) is 11.5 Å². The average molecular weight is 902 g/mol. The number of quaternary nitrogens is 2. The molecule has 0 unspecified atom stereocenters. The molecule has 1 saturated heterocycles. The number of aromatic nitrogens is 3. The van der Waals surface area contributed by atoms with Gasteiger partial charge in [0.1, 0.15) is 28.7 Å². The number of rotatable bonds is 6. The molecule has 0 aliphatic carbocycles. The monoisotopic (exact) mass is 902 g/mol. The van der Waals surface area contributed by atoms with Crippen molar-refractivity contribution in [3.8, 4) is 23.0 Å². The van der Waals surface area contributed by atoms with Gasteiger partial charge >= 0.3 is 0 Å². The van der Waals surface area contributed by atoms with Crippen LogP contribution in [0.2, 0.25) is 0 Å². The number of hydrogen-bond acceptors (Lipinski definition) is 2. The molecule has 2 atom stereocenters. The Labute approximate surface area is 415 Å². The predicted octanol–water partition coefficient (Wildman–Crippen LogP) is 16.7. The molecular formula is C62H60N5O+. The molecule has 6 nitrogen and oxygen atoms in total. The summed E-state index contributed by atoms with van der Waals surface area (Å²) in [6.07, 6.45) is 1.78. The molecule has 10 aromatic rings. The predicted molar refractivity (Wildman–Crippen MR) is 285 cm³/mol. The van der Waals surface area contributed by atoms with Gasteiger partial charge in [0.15, 0.2) is 18.0 Å². The maximum absolute atomic E-state index is 9.30. The summed E-state index contributed by atoms with van der Waals surface area (Å²) in [4.78, 5) is 4.94. The minimum Gasteiger partial charge on any atom is -0.457 e. The highest BCUT2D eigenvalue weighted by Gasteiger charge is 2.63. The highest BCUT2D eigenvalue weighted by Crippen LogP contribution is 2.66. The Bertz CT molecular complexity index is 4170. The number of aryl methyl sites for hydroxylation is 1. The fourth-order valence-corrected chi connectivity index (χ4v) is 10.6. The first-order chi connectivity index (χ1) is 37.0. The molecule has 68 heavy (non-hydrogen) atoms. The van der Waals surface area contributed by atoms with Crippen LogP contribution in [0, 0.1) is 13.5 Å². The van der Waals surface area contributed by atoms with Gasteiger partial charge in [-0.2, -0.15) is 0 Å². The number of para-hydroxylation sites is 3. The quantitative estimate of drug-likeness (QED) is 0.123. The molecule has 2 bridgehead atoms. The van der Waals surface area contributed by atoms with E-state index in [0.29, 0.717) is 56.1 Å². The second-order valence-corrected chi connectivity index (χ2v) is 21.7. The van der Waals surface area contributed by atoms with Crippen LogP contribution < -0.4 is 13.7 Å². The molecule has 6 heterocycles. The van der Waals surface area contributed by atoms with Crippen molar-refractivity contribution in [2.24, 2.45) is 0 Å². The lowest BCUT2D eigenvalue weighted by molar-refractivity contribution is 0.186. The maximum atomic E-state index is 9.30. The lowest BCUT2D eigenvalue weighted by atomic mass is 9.80. The van der Waals surface area contributed by atoms with Gasteiger partial charge in [-0.15, -0.1) is 0 Å². The van der Waals surface area contributed by atoms with Crippen LogP contribution in [0.4, 0.5) is 22.7 Å². The topological polar surface area (TPSA) is 32.0 Å². The molecule has 338 valence electrons. The Morgan fingerprint density at radius 3 is 1.90 bits per heavy atom. The molecule has 0 radical (unpaired) electrons. The third-order valence-corrected chi connectivity index (χ3v) is 14.2. The largest absolute Gasteiger partial charge is 0.457 e. The Morgan fingerprint density at radius 1 is 0.574 bits per heavy atom.